The number of aliphatic hydroxyl groups excluding tert-OH is 1. The number of benzene rings is 1. The van der Waals surface area contributed by atoms with Crippen molar-refractivity contribution in [2.75, 3.05) is 18.0 Å². The second-order valence-electron chi connectivity index (χ2n) is 3.63. The molecule has 1 aliphatic heterocycles. The number of hydrogen-bond acceptors (Lipinski definition) is 3. The van der Waals surface area contributed by atoms with Gasteiger partial charge in [0, 0.05) is 13.1 Å². The fourth-order valence-electron chi connectivity index (χ4n) is 1.85. The highest BCUT2D eigenvalue weighted by Crippen LogP contribution is 2.25. The highest BCUT2D eigenvalue weighted by molar-refractivity contribution is 5.60. The molecule has 4 heteroatoms. The third-order valence-corrected chi connectivity index (χ3v) is 2.61. The number of halogens is 1. The Morgan fingerprint density at radius 1 is 1.53 bits per heavy atom. The molecule has 1 fully saturated rings. The van der Waals surface area contributed by atoms with Crippen LogP contribution in [0.5, 0.6) is 0 Å². The van der Waals surface area contributed by atoms with Gasteiger partial charge in [-0.2, -0.15) is 5.26 Å². The van der Waals surface area contributed by atoms with Crippen LogP contribution >= 0.6 is 0 Å². The molecule has 78 valence electrons. The standard InChI is InChI=1S/C11H11FN2O/c12-10-2-1-3-11(9(10)6-13)14-5-4-8(15)7-14/h1-3,8,15H,4-5,7H2. The lowest BCUT2D eigenvalue weighted by atomic mass is 10.1. The molecule has 0 amide bonds. The van der Waals surface area contributed by atoms with E-state index in [0.717, 1.165) is 0 Å². The second-order valence-corrected chi connectivity index (χ2v) is 3.63. The molecule has 15 heavy (non-hydrogen) atoms. The van der Waals surface area contributed by atoms with Crippen LogP contribution < -0.4 is 4.90 Å². The van der Waals surface area contributed by atoms with Crippen molar-refractivity contribution >= 4 is 5.69 Å². The van der Waals surface area contributed by atoms with E-state index in [0.29, 0.717) is 25.2 Å². The molecule has 0 aliphatic carbocycles. The first kappa shape index (κ1) is 9.94. The minimum atomic E-state index is -0.503. The predicted molar refractivity (Wildman–Crippen MR) is 54.0 cm³/mol. The van der Waals surface area contributed by atoms with Crippen LogP contribution in [-0.4, -0.2) is 24.3 Å². The fourth-order valence-corrected chi connectivity index (χ4v) is 1.85. The van der Waals surface area contributed by atoms with E-state index in [1.165, 1.54) is 6.07 Å². The SMILES string of the molecule is N#Cc1c(F)cccc1N1CCC(O)C1. The van der Waals surface area contributed by atoms with Gasteiger partial charge in [-0.15, -0.1) is 0 Å². The Balaban J connectivity index is 2.36. The van der Waals surface area contributed by atoms with E-state index in [1.54, 1.807) is 12.1 Å². The average Bonchev–Trinajstić information content (AvgIpc) is 2.64. The molecule has 1 N–H and O–H groups in total. The Hall–Kier alpha value is -1.60. The maximum atomic E-state index is 13.3. The molecule has 0 saturated carbocycles. The third kappa shape index (κ3) is 1.79. The first-order valence-corrected chi connectivity index (χ1v) is 4.84. The van der Waals surface area contributed by atoms with Crippen molar-refractivity contribution in [3.63, 3.8) is 0 Å². The Morgan fingerprint density at radius 2 is 2.33 bits per heavy atom. The summed E-state index contributed by atoms with van der Waals surface area (Å²) in [6, 6.07) is 6.42. The molecule has 2 rings (SSSR count). The Bertz CT molecular complexity index is 414. The quantitative estimate of drug-likeness (QED) is 0.752. The van der Waals surface area contributed by atoms with E-state index in [2.05, 4.69) is 0 Å². The van der Waals surface area contributed by atoms with Crippen molar-refractivity contribution in [3.05, 3.63) is 29.6 Å². The van der Waals surface area contributed by atoms with Crippen LogP contribution in [-0.2, 0) is 0 Å². The van der Waals surface area contributed by atoms with Crippen molar-refractivity contribution in [1.82, 2.24) is 0 Å². The Kier molecular flexibility index (Phi) is 2.57. The summed E-state index contributed by atoms with van der Waals surface area (Å²) < 4.78 is 13.3. The first-order valence-electron chi connectivity index (χ1n) is 4.84. The molecule has 0 aromatic heterocycles. The molecule has 0 radical (unpaired) electrons. The maximum absolute atomic E-state index is 13.3. The fraction of sp³-hybridized carbons (Fsp3) is 0.364. The van der Waals surface area contributed by atoms with Crippen molar-refractivity contribution in [2.24, 2.45) is 0 Å². The van der Waals surface area contributed by atoms with Crippen LogP contribution in [0.4, 0.5) is 10.1 Å². The Morgan fingerprint density at radius 3 is 2.93 bits per heavy atom. The molecule has 0 bridgehead atoms. The maximum Gasteiger partial charge on any atom is 0.143 e. The zero-order chi connectivity index (χ0) is 10.8. The summed E-state index contributed by atoms with van der Waals surface area (Å²) in [7, 11) is 0. The summed E-state index contributed by atoms with van der Waals surface area (Å²) in [5.74, 6) is -0.503. The van der Waals surface area contributed by atoms with Crippen molar-refractivity contribution < 1.29 is 9.50 Å². The van der Waals surface area contributed by atoms with Gasteiger partial charge < -0.3 is 10.0 Å². The summed E-state index contributed by atoms with van der Waals surface area (Å²) in [6.45, 7) is 1.14. The van der Waals surface area contributed by atoms with Gasteiger partial charge in [0.2, 0.25) is 0 Å². The highest BCUT2D eigenvalue weighted by Gasteiger charge is 2.23. The van der Waals surface area contributed by atoms with Gasteiger partial charge in [-0.1, -0.05) is 6.07 Å². The van der Waals surface area contributed by atoms with E-state index in [9.17, 15) is 9.50 Å². The van der Waals surface area contributed by atoms with Crippen LogP contribution in [0.15, 0.2) is 18.2 Å². The monoisotopic (exact) mass is 206 g/mol. The molecule has 1 aromatic carbocycles. The number of hydrogen-bond donors (Lipinski definition) is 1. The van der Waals surface area contributed by atoms with Crippen LogP contribution in [0.3, 0.4) is 0 Å². The van der Waals surface area contributed by atoms with Crippen molar-refractivity contribution in [3.8, 4) is 6.07 Å². The number of β-amino-alcohol motifs (C(OH)–C–C–N with tert-alkyl or cyclic N) is 1. The third-order valence-electron chi connectivity index (χ3n) is 2.61. The van der Waals surface area contributed by atoms with Crippen LogP contribution in [0.2, 0.25) is 0 Å². The minimum Gasteiger partial charge on any atom is -0.391 e. The molecule has 1 saturated heterocycles. The normalized spacial score (nSPS) is 20.3. The number of rotatable bonds is 1. The molecule has 0 spiro atoms. The number of nitriles is 1. The average molecular weight is 206 g/mol. The van der Waals surface area contributed by atoms with Gasteiger partial charge in [-0.25, -0.2) is 4.39 Å². The minimum absolute atomic E-state index is 0.0617. The molecule has 1 aliphatic rings. The van der Waals surface area contributed by atoms with Gasteiger partial charge in [-0.05, 0) is 18.6 Å². The summed E-state index contributed by atoms with van der Waals surface area (Å²) in [5.41, 5.74) is 0.639. The first-order chi connectivity index (χ1) is 7.22. The van der Waals surface area contributed by atoms with E-state index < -0.39 is 5.82 Å². The highest BCUT2D eigenvalue weighted by atomic mass is 19.1. The van der Waals surface area contributed by atoms with Gasteiger partial charge in [0.1, 0.15) is 17.4 Å². The lowest BCUT2D eigenvalue weighted by Crippen LogP contribution is -2.22. The van der Waals surface area contributed by atoms with Crippen LogP contribution in [0, 0.1) is 17.1 Å². The zero-order valence-electron chi connectivity index (χ0n) is 8.15. The lowest BCUT2D eigenvalue weighted by Gasteiger charge is -2.19. The lowest BCUT2D eigenvalue weighted by molar-refractivity contribution is 0.198. The Labute approximate surface area is 87.4 Å². The zero-order valence-corrected chi connectivity index (χ0v) is 8.15. The predicted octanol–water partition coefficient (Wildman–Crippen LogP) is 1.27. The van der Waals surface area contributed by atoms with Gasteiger partial charge in [0.05, 0.1) is 11.8 Å². The molecular formula is C11H11FN2O. The number of anilines is 1. The van der Waals surface area contributed by atoms with Crippen molar-refractivity contribution in [2.45, 2.75) is 12.5 Å². The van der Waals surface area contributed by atoms with Gasteiger partial charge >= 0.3 is 0 Å². The molecule has 1 unspecified atom stereocenters. The van der Waals surface area contributed by atoms with Crippen molar-refractivity contribution in [1.29, 1.82) is 5.26 Å². The van der Waals surface area contributed by atoms with E-state index in [-0.39, 0.29) is 11.7 Å². The summed E-state index contributed by atoms with van der Waals surface area (Å²) in [5, 5.41) is 18.2. The number of aliphatic hydroxyl groups is 1. The van der Waals surface area contributed by atoms with E-state index in [1.807, 2.05) is 11.0 Å². The molecule has 3 nitrogen and oxygen atoms in total. The topological polar surface area (TPSA) is 47.3 Å². The summed E-state index contributed by atoms with van der Waals surface area (Å²) in [6.07, 6.45) is 0.293. The van der Waals surface area contributed by atoms with Gasteiger partial charge in [-0.3, -0.25) is 0 Å². The van der Waals surface area contributed by atoms with E-state index in [4.69, 9.17) is 5.26 Å². The largest absolute Gasteiger partial charge is 0.391 e. The van der Waals surface area contributed by atoms with Crippen LogP contribution in [0.25, 0.3) is 0 Å². The van der Waals surface area contributed by atoms with Gasteiger partial charge in [0.25, 0.3) is 0 Å². The summed E-state index contributed by atoms with van der Waals surface area (Å²) in [4.78, 5) is 1.84. The molecular weight excluding hydrogens is 195 g/mol. The van der Waals surface area contributed by atoms with Gasteiger partial charge in [0.15, 0.2) is 0 Å². The second kappa shape index (κ2) is 3.87. The number of nitrogens with zero attached hydrogens (tertiary/aromatic N) is 2. The molecule has 1 atom stereocenters. The smallest absolute Gasteiger partial charge is 0.143 e. The van der Waals surface area contributed by atoms with Crippen LogP contribution in [0.1, 0.15) is 12.0 Å². The molecule has 1 heterocycles. The summed E-state index contributed by atoms with van der Waals surface area (Å²) >= 11 is 0. The van der Waals surface area contributed by atoms with E-state index >= 15 is 0 Å². The molecule has 1 aromatic rings.